The Balaban J connectivity index is 1.92. The van der Waals surface area contributed by atoms with Gasteiger partial charge >= 0.3 is 0 Å². The summed E-state index contributed by atoms with van der Waals surface area (Å²) < 4.78 is 5.22. The summed E-state index contributed by atoms with van der Waals surface area (Å²) in [6.45, 7) is 9.85. The van der Waals surface area contributed by atoms with Crippen molar-refractivity contribution in [2.75, 3.05) is 5.32 Å². The molecule has 0 saturated heterocycles. The van der Waals surface area contributed by atoms with Crippen molar-refractivity contribution in [3.05, 3.63) is 46.7 Å². The Labute approximate surface area is 142 Å². The second kappa shape index (κ2) is 6.99. The maximum atomic E-state index is 12.3. The molecule has 0 radical (unpaired) electrons. The van der Waals surface area contributed by atoms with Crippen LogP contribution in [0.3, 0.4) is 0 Å². The fourth-order valence-electron chi connectivity index (χ4n) is 2.29. The van der Waals surface area contributed by atoms with Gasteiger partial charge in [-0.15, -0.1) is 0 Å². The standard InChI is InChI=1S/C19H24N2O3/c1-12-6-7-13(2)14(10-12)15(22)8-9-18(23)20-17-11-16(24-21-17)19(3,4)5/h6-7,10-11H,8-9H2,1-5H3,(H,20,21,23). The fraction of sp³-hybridized carbons (Fsp3) is 0.421. The lowest BCUT2D eigenvalue weighted by Crippen LogP contribution is -2.14. The van der Waals surface area contributed by atoms with Crippen LogP contribution in [0.5, 0.6) is 0 Å². The Bertz CT molecular complexity index is 754. The zero-order valence-corrected chi connectivity index (χ0v) is 14.9. The molecule has 0 fully saturated rings. The van der Waals surface area contributed by atoms with E-state index in [-0.39, 0.29) is 29.9 Å². The van der Waals surface area contributed by atoms with Crippen molar-refractivity contribution in [2.45, 2.75) is 52.9 Å². The average Bonchev–Trinajstić information content (AvgIpc) is 2.96. The number of hydrogen-bond acceptors (Lipinski definition) is 4. The van der Waals surface area contributed by atoms with Crippen molar-refractivity contribution >= 4 is 17.5 Å². The molecule has 128 valence electrons. The SMILES string of the molecule is Cc1ccc(C)c(C(=O)CCC(=O)Nc2cc(C(C)(C)C)on2)c1. The molecule has 1 heterocycles. The van der Waals surface area contributed by atoms with Crippen LogP contribution in [0.1, 0.15) is 60.9 Å². The Morgan fingerprint density at radius 3 is 2.46 bits per heavy atom. The van der Waals surface area contributed by atoms with Crippen LogP contribution in [0.25, 0.3) is 0 Å². The number of aryl methyl sites for hydroxylation is 2. The molecular weight excluding hydrogens is 304 g/mol. The summed E-state index contributed by atoms with van der Waals surface area (Å²) in [4.78, 5) is 24.3. The summed E-state index contributed by atoms with van der Waals surface area (Å²) in [5.41, 5.74) is 2.47. The fourth-order valence-corrected chi connectivity index (χ4v) is 2.29. The topological polar surface area (TPSA) is 72.2 Å². The van der Waals surface area contributed by atoms with Gasteiger partial charge in [-0.05, 0) is 25.5 Å². The molecule has 0 aliphatic heterocycles. The summed E-state index contributed by atoms with van der Waals surface area (Å²) in [5, 5.41) is 6.51. The van der Waals surface area contributed by atoms with Crippen LogP contribution in [0, 0.1) is 13.8 Å². The Kier molecular flexibility index (Phi) is 5.22. The van der Waals surface area contributed by atoms with Gasteiger partial charge in [-0.1, -0.05) is 43.6 Å². The van der Waals surface area contributed by atoms with E-state index in [0.717, 1.165) is 11.1 Å². The monoisotopic (exact) mass is 328 g/mol. The number of nitrogens with zero attached hydrogens (tertiary/aromatic N) is 1. The minimum atomic E-state index is -0.248. The molecule has 24 heavy (non-hydrogen) atoms. The van der Waals surface area contributed by atoms with Gasteiger partial charge in [0.25, 0.3) is 0 Å². The molecule has 0 bridgehead atoms. The summed E-state index contributed by atoms with van der Waals surface area (Å²) >= 11 is 0. The quantitative estimate of drug-likeness (QED) is 0.835. The number of ketones is 1. The highest BCUT2D eigenvalue weighted by Gasteiger charge is 2.20. The third-order valence-corrected chi connectivity index (χ3v) is 3.79. The molecule has 2 rings (SSSR count). The molecule has 5 nitrogen and oxygen atoms in total. The molecule has 0 spiro atoms. The lowest BCUT2D eigenvalue weighted by Gasteiger charge is -2.12. The first-order valence-corrected chi connectivity index (χ1v) is 8.04. The summed E-state index contributed by atoms with van der Waals surface area (Å²) in [5.74, 6) is 0.803. The molecular formula is C19H24N2O3. The van der Waals surface area contributed by atoms with Crippen molar-refractivity contribution in [3.63, 3.8) is 0 Å². The molecule has 0 aliphatic carbocycles. The number of aromatic nitrogens is 1. The van der Waals surface area contributed by atoms with E-state index in [0.29, 0.717) is 17.1 Å². The number of Topliss-reactive ketones (excluding diaryl/α,β-unsaturated/α-hetero) is 1. The van der Waals surface area contributed by atoms with Gasteiger partial charge in [0.1, 0.15) is 5.76 Å². The van der Waals surface area contributed by atoms with E-state index in [1.54, 1.807) is 6.07 Å². The van der Waals surface area contributed by atoms with Gasteiger partial charge < -0.3 is 9.84 Å². The van der Waals surface area contributed by atoms with Crippen LogP contribution in [-0.2, 0) is 10.2 Å². The first kappa shape index (κ1) is 17.9. The van der Waals surface area contributed by atoms with E-state index in [4.69, 9.17) is 4.52 Å². The first-order valence-electron chi connectivity index (χ1n) is 8.04. The van der Waals surface area contributed by atoms with Gasteiger partial charge in [-0.3, -0.25) is 9.59 Å². The molecule has 1 amide bonds. The Morgan fingerprint density at radius 1 is 1.12 bits per heavy atom. The van der Waals surface area contributed by atoms with Crippen LogP contribution in [0.2, 0.25) is 0 Å². The van der Waals surface area contributed by atoms with Crippen molar-refractivity contribution in [3.8, 4) is 0 Å². The third-order valence-electron chi connectivity index (χ3n) is 3.79. The van der Waals surface area contributed by atoms with Crippen molar-refractivity contribution < 1.29 is 14.1 Å². The molecule has 1 aromatic carbocycles. The number of carbonyl (C=O) groups is 2. The van der Waals surface area contributed by atoms with Crippen LogP contribution in [0.4, 0.5) is 5.82 Å². The minimum Gasteiger partial charge on any atom is -0.359 e. The van der Waals surface area contributed by atoms with E-state index >= 15 is 0 Å². The van der Waals surface area contributed by atoms with Crippen LogP contribution in [0.15, 0.2) is 28.8 Å². The molecule has 2 aromatic rings. The molecule has 1 N–H and O–H groups in total. The smallest absolute Gasteiger partial charge is 0.226 e. The van der Waals surface area contributed by atoms with Crippen molar-refractivity contribution in [1.29, 1.82) is 0 Å². The maximum Gasteiger partial charge on any atom is 0.226 e. The second-order valence-corrected chi connectivity index (χ2v) is 7.12. The van der Waals surface area contributed by atoms with Crippen LogP contribution in [-0.4, -0.2) is 16.8 Å². The largest absolute Gasteiger partial charge is 0.359 e. The number of nitrogens with one attached hydrogen (secondary N) is 1. The lowest BCUT2D eigenvalue weighted by molar-refractivity contribution is -0.116. The van der Waals surface area contributed by atoms with E-state index in [1.165, 1.54) is 0 Å². The Morgan fingerprint density at radius 2 is 1.83 bits per heavy atom. The third kappa shape index (κ3) is 4.54. The van der Waals surface area contributed by atoms with Gasteiger partial charge in [-0.2, -0.15) is 0 Å². The highest BCUT2D eigenvalue weighted by atomic mass is 16.5. The van der Waals surface area contributed by atoms with Gasteiger partial charge in [0, 0.05) is 29.9 Å². The number of hydrogen-bond donors (Lipinski definition) is 1. The molecule has 0 saturated carbocycles. The zero-order chi connectivity index (χ0) is 17.9. The first-order chi connectivity index (χ1) is 11.2. The van der Waals surface area contributed by atoms with Crippen molar-refractivity contribution in [1.82, 2.24) is 5.16 Å². The number of anilines is 1. The highest BCUT2D eigenvalue weighted by Crippen LogP contribution is 2.24. The summed E-state index contributed by atoms with van der Waals surface area (Å²) in [6, 6.07) is 7.47. The molecule has 5 heteroatoms. The van der Waals surface area contributed by atoms with Gasteiger partial charge in [0.15, 0.2) is 11.6 Å². The predicted octanol–water partition coefficient (Wildman–Crippen LogP) is 4.19. The number of rotatable bonds is 5. The molecule has 0 unspecified atom stereocenters. The molecule has 0 aliphatic rings. The van der Waals surface area contributed by atoms with E-state index in [9.17, 15) is 9.59 Å². The van der Waals surface area contributed by atoms with Gasteiger partial charge in [0.2, 0.25) is 5.91 Å². The maximum absolute atomic E-state index is 12.3. The van der Waals surface area contributed by atoms with Gasteiger partial charge in [-0.25, -0.2) is 0 Å². The van der Waals surface area contributed by atoms with Crippen LogP contribution < -0.4 is 5.32 Å². The number of carbonyl (C=O) groups excluding carboxylic acids is 2. The second-order valence-electron chi connectivity index (χ2n) is 7.12. The van der Waals surface area contributed by atoms with E-state index in [1.807, 2.05) is 52.8 Å². The number of amides is 1. The van der Waals surface area contributed by atoms with Crippen LogP contribution >= 0.6 is 0 Å². The van der Waals surface area contributed by atoms with Gasteiger partial charge in [0.05, 0.1) is 0 Å². The summed E-state index contributed by atoms with van der Waals surface area (Å²) in [7, 11) is 0. The zero-order valence-electron chi connectivity index (χ0n) is 14.9. The lowest BCUT2D eigenvalue weighted by atomic mass is 9.93. The molecule has 1 aromatic heterocycles. The summed E-state index contributed by atoms with van der Waals surface area (Å²) in [6.07, 6.45) is 0.282. The Hall–Kier alpha value is -2.43. The minimum absolute atomic E-state index is 0.0260. The van der Waals surface area contributed by atoms with Crippen molar-refractivity contribution in [2.24, 2.45) is 0 Å². The molecule has 0 atom stereocenters. The number of benzene rings is 1. The van der Waals surface area contributed by atoms with E-state index < -0.39 is 0 Å². The van der Waals surface area contributed by atoms with E-state index in [2.05, 4.69) is 10.5 Å². The normalized spacial score (nSPS) is 11.4. The average molecular weight is 328 g/mol. The highest BCUT2D eigenvalue weighted by molar-refractivity contribution is 6.00. The predicted molar refractivity (Wildman–Crippen MR) is 93.3 cm³/mol.